The van der Waals surface area contributed by atoms with E-state index >= 15 is 0 Å². The summed E-state index contributed by atoms with van der Waals surface area (Å²) in [5, 5.41) is 3.12. The van der Waals surface area contributed by atoms with Crippen LogP contribution >= 0.6 is 0 Å². The van der Waals surface area contributed by atoms with Gasteiger partial charge in [0.05, 0.1) is 24.0 Å². The highest BCUT2D eigenvalue weighted by Gasteiger charge is 2.27. The molecular weight excluding hydrogens is 421 g/mol. The zero-order chi connectivity index (χ0) is 23.2. The van der Waals surface area contributed by atoms with E-state index in [0.29, 0.717) is 30.2 Å². The van der Waals surface area contributed by atoms with Gasteiger partial charge in [0.1, 0.15) is 23.5 Å². The number of fused-ring (bicyclic) bond motifs is 1. The number of pyridine rings is 2. The molecule has 1 atom stereocenters. The van der Waals surface area contributed by atoms with E-state index in [-0.39, 0.29) is 24.2 Å². The fourth-order valence-electron chi connectivity index (χ4n) is 3.88. The first kappa shape index (κ1) is 22.7. The molecule has 1 aromatic carbocycles. The third-order valence-electron chi connectivity index (χ3n) is 5.71. The van der Waals surface area contributed by atoms with Crippen molar-refractivity contribution in [3.05, 3.63) is 83.6 Å². The van der Waals surface area contributed by atoms with Gasteiger partial charge >= 0.3 is 0 Å². The highest BCUT2D eigenvalue weighted by atomic mass is 19.1. The highest BCUT2D eigenvalue weighted by molar-refractivity contribution is 5.99. The Morgan fingerprint density at radius 2 is 1.97 bits per heavy atom. The minimum atomic E-state index is -0.496. The molecule has 0 aliphatic carbocycles. The van der Waals surface area contributed by atoms with Gasteiger partial charge in [-0.2, -0.15) is 0 Å². The lowest BCUT2D eigenvalue weighted by atomic mass is 10.1. The third-order valence-corrected chi connectivity index (χ3v) is 5.71. The predicted octanol–water partition coefficient (Wildman–Crippen LogP) is 3.44. The SMILES string of the molecule is CNCC[C@H](Oc1cnc(CN2CCN(C)c3ncccc3C2=O)c(F)c1)c1ccccc1. The Morgan fingerprint density at radius 3 is 2.73 bits per heavy atom. The van der Waals surface area contributed by atoms with Crippen molar-refractivity contribution in [1.82, 2.24) is 20.2 Å². The van der Waals surface area contributed by atoms with Crippen molar-refractivity contribution in [2.75, 3.05) is 38.6 Å². The van der Waals surface area contributed by atoms with Gasteiger partial charge in [-0.3, -0.25) is 9.78 Å². The molecule has 7 nitrogen and oxygen atoms in total. The Kier molecular flexibility index (Phi) is 7.14. The smallest absolute Gasteiger partial charge is 0.258 e. The molecule has 0 radical (unpaired) electrons. The average Bonchev–Trinajstić information content (AvgIpc) is 2.96. The molecule has 4 rings (SSSR count). The maximum absolute atomic E-state index is 15.0. The van der Waals surface area contributed by atoms with Gasteiger partial charge in [0.2, 0.25) is 0 Å². The van der Waals surface area contributed by atoms with Crippen molar-refractivity contribution in [3.63, 3.8) is 0 Å². The second kappa shape index (κ2) is 10.4. The van der Waals surface area contributed by atoms with Crippen molar-refractivity contribution in [2.45, 2.75) is 19.1 Å². The van der Waals surface area contributed by atoms with Gasteiger partial charge in [0.25, 0.3) is 5.91 Å². The standard InChI is InChI=1S/C25H28FN5O2/c1-27-12-10-23(18-7-4-3-5-8-18)33-19-15-21(26)22(29-16-19)17-31-14-13-30(2)24-20(25(31)32)9-6-11-28-24/h3-9,11,15-16,23,27H,10,12-14,17H2,1-2H3/t23-/m0/s1. The van der Waals surface area contributed by atoms with Crippen molar-refractivity contribution in [2.24, 2.45) is 0 Å². The molecule has 3 aromatic rings. The van der Waals surface area contributed by atoms with Crippen molar-refractivity contribution in [1.29, 1.82) is 0 Å². The number of carbonyl (C=O) groups excluding carboxylic acids is 1. The summed E-state index contributed by atoms with van der Waals surface area (Å²) in [5.41, 5.74) is 1.73. The lowest BCUT2D eigenvalue weighted by molar-refractivity contribution is 0.0751. The summed E-state index contributed by atoms with van der Waals surface area (Å²) < 4.78 is 21.1. The monoisotopic (exact) mass is 449 g/mol. The van der Waals surface area contributed by atoms with Gasteiger partial charge in [-0.1, -0.05) is 30.3 Å². The zero-order valence-electron chi connectivity index (χ0n) is 18.9. The summed E-state index contributed by atoms with van der Waals surface area (Å²) in [6, 6.07) is 14.7. The Bertz CT molecular complexity index is 1100. The van der Waals surface area contributed by atoms with E-state index in [1.807, 2.05) is 49.3 Å². The molecule has 0 saturated carbocycles. The molecule has 8 heteroatoms. The predicted molar refractivity (Wildman–Crippen MR) is 125 cm³/mol. The fraction of sp³-hybridized carbons (Fsp3) is 0.320. The van der Waals surface area contributed by atoms with E-state index in [0.717, 1.165) is 18.5 Å². The van der Waals surface area contributed by atoms with E-state index in [2.05, 4.69) is 15.3 Å². The summed E-state index contributed by atoms with van der Waals surface area (Å²) in [4.78, 5) is 25.2. The molecule has 0 bridgehead atoms. The summed E-state index contributed by atoms with van der Waals surface area (Å²) in [6.07, 6.45) is 3.69. The summed E-state index contributed by atoms with van der Waals surface area (Å²) >= 11 is 0. The van der Waals surface area contributed by atoms with E-state index in [1.54, 1.807) is 23.2 Å². The van der Waals surface area contributed by atoms with E-state index in [9.17, 15) is 9.18 Å². The zero-order valence-corrected chi connectivity index (χ0v) is 18.9. The maximum Gasteiger partial charge on any atom is 0.258 e. The Hall–Kier alpha value is -3.52. The molecule has 1 aliphatic heterocycles. The number of nitrogens with one attached hydrogen (secondary N) is 1. The van der Waals surface area contributed by atoms with Crippen LogP contribution in [0.5, 0.6) is 5.75 Å². The number of likely N-dealkylation sites (N-methyl/N-ethyl adjacent to an activating group) is 1. The maximum atomic E-state index is 15.0. The highest BCUT2D eigenvalue weighted by Crippen LogP contribution is 2.26. The normalized spacial score (nSPS) is 14.6. The van der Waals surface area contributed by atoms with Gasteiger partial charge in [0.15, 0.2) is 0 Å². The number of hydrogen-bond acceptors (Lipinski definition) is 6. The minimum Gasteiger partial charge on any atom is -0.484 e. The van der Waals surface area contributed by atoms with Crippen LogP contribution in [0.3, 0.4) is 0 Å². The van der Waals surface area contributed by atoms with Crippen LogP contribution in [0.4, 0.5) is 10.2 Å². The van der Waals surface area contributed by atoms with Crippen LogP contribution < -0.4 is 15.0 Å². The van der Waals surface area contributed by atoms with Crippen LogP contribution in [-0.4, -0.2) is 54.5 Å². The van der Waals surface area contributed by atoms with Crippen LogP contribution in [-0.2, 0) is 6.54 Å². The topological polar surface area (TPSA) is 70.6 Å². The molecule has 0 fully saturated rings. The number of halogens is 1. The Morgan fingerprint density at radius 1 is 1.15 bits per heavy atom. The first-order valence-electron chi connectivity index (χ1n) is 11.0. The van der Waals surface area contributed by atoms with Crippen molar-refractivity contribution >= 4 is 11.7 Å². The summed E-state index contributed by atoms with van der Waals surface area (Å²) in [6.45, 7) is 1.89. The lowest BCUT2D eigenvalue weighted by Gasteiger charge is -2.22. The van der Waals surface area contributed by atoms with Crippen LogP contribution in [0.1, 0.15) is 34.1 Å². The van der Waals surface area contributed by atoms with Crippen LogP contribution in [0, 0.1) is 5.82 Å². The van der Waals surface area contributed by atoms with Crippen molar-refractivity contribution in [3.8, 4) is 5.75 Å². The van der Waals surface area contributed by atoms with E-state index < -0.39 is 5.82 Å². The van der Waals surface area contributed by atoms with Gasteiger partial charge in [-0.15, -0.1) is 0 Å². The summed E-state index contributed by atoms with van der Waals surface area (Å²) in [7, 11) is 3.78. The van der Waals surface area contributed by atoms with Gasteiger partial charge < -0.3 is 19.9 Å². The number of benzene rings is 1. The van der Waals surface area contributed by atoms with Gasteiger partial charge in [-0.25, -0.2) is 9.37 Å². The summed E-state index contributed by atoms with van der Waals surface area (Å²) in [5.74, 6) is 0.318. The van der Waals surface area contributed by atoms with Crippen LogP contribution in [0.15, 0.2) is 60.9 Å². The second-order valence-electron chi connectivity index (χ2n) is 8.03. The average molecular weight is 450 g/mol. The second-order valence-corrected chi connectivity index (χ2v) is 8.03. The van der Waals surface area contributed by atoms with E-state index in [1.165, 1.54) is 12.3 Å². The minimum absolute atomic E-state index is 0.0784. The van der Waals surface area contributed by atoms with Crippen LogP contribution in [0.2, 0.25) is 0 Å². The molecule has 1 amide bonds. The largest absolute Gasteiger partial charge is 0.484 e. The number of amides is 1. The molecule has 33 heavy (non-hydrogen) atoms. The van der Waals surface area contributed by atoms with Crippen molar-refractivity contribution < 1.29 is 13.9 Å². The number of nitrogens with zero attached hydrogens (tertiary/aromatic N) is 4. The number of hydrogen-bond donors (Lipinski definition) is 1. The first-order chi connectivity index (χ1) is 16.1. The molecule has 1 aliphatic rings. The Labute approximate surface area is 193 Å². The number of carbonyl (C=O) groups is 1. The quantitative estimate of drug-likeness (QED) is 0.568. The molecule has 0 saturated heterocycles. The third kappa shape index (κ3) is 5.28. The molecule has 172 valence electrons. The lowest BCUT2D eigenvalue weighted by Crippen LogP contribution is -2.33. The van der Waals surface area contributed by atoms with Gasteiger partial charge in [0, 0.05) is 38.8 Å². The molecule has 1 N–H and O–H groups in total. The van der Waals surface area contributed by atoms with Crippen LogP contribution in [0.25, 0.3) is 0 Å². The van der Waals surface area contributed by atoms with E-state index in [4.69, 9.17) is 4.74 Å². The molecule has 3 heterocycles. The first-order valence-corrected chi connectivity index (χ1v) is 11.0. The number of rotatable bonds is 8. The fourth-order valence-corrected chi connectivity index (χ4v) is 3.88. The number of aromatic nitrogens is 2. The molecule has 2 aromatic heterocycles. The number of anilines is 1. The Balaban J connectivity index is 1.50. The van der Waals surface area contributed by atoms with Gasteiger partial charge in [-0.05, 0) is 31.3 Å². The molecule has 0 unspecified atom stereocenters. The molecule has 0 spiro atoms. The molecular formula is C25H28FN5O2. The number of ether oxygens (including phenoxy) is 1.